The van der Waals surface area contributed by atoms with Crippen LogP contribution in [0.1, 0.15) is 0 Å². The summed E-state index contributed by atoms with van der Waals surface area (Å²) in [4.78, 5) is 0. The molecule has 0 spiro atoms. The van der Waals surface area contributed by atoms with Crippen LogP contribution >= 0.6 is 0 Å². The minimum Gasteiger partial charge on any atom is -0.0622 e. The van der Waals surface area contributed by atoms with Crippen LogP contribution in [0.15, 0.2) is 206 Å². The van der Waals surface area contributed by atoms with E-state index in [9.17, 15) is 0 Å². The Labute approximate surface area is 303 Å². The van der Waals surface area contributed by atoms with Crippen molar-refractivity contribution in [3.8, 4) is 55.6 Å². The number of hydrogen-bond donors (Lipinski definition) is 0. The molecule has 0 bridgehead atoms. The zero-order valence-corrected chi connectivity index (χ0v) is 28.6. The molecule has 0 aliphatic rings. The van der Waals surface area contributed by atoms with Crippen molar-refractivity contribution in [3.05, 3.63) is 206 Å². The summed E-state index contributed by atoms with van der Waals surface area (Å²) in [6.07, 6.45) is 0. The number of rotatable bonds is 5. The molecule has 10 rings (SSSR count). The van der Waals surface area contributed by atoms with Gasteiger partial charge in [0.15, 0.2) is 0 Å². The van der Waals surface area contributed by atoms with Gasteiger partial charge in [-0.2, -0.15) is 0 Å². The smallest absolute Gasteiger partial charge is 0.00259 e. The summed E-state index contributed by atoms with van der Waals surface area (Å²) in [7, 11) is 0. The Hall–Kier alpha value is -6.76. The van der Waals surface area contributed by atoms with Crippen molar-refractivity contribution in [3.63, 3.8) is 0 Å². The molecule has 0 radical (unpaired) electrons. The van der Waals surface area contributed by atoms with Gasteiger partial charge in [0.2, 0.25) is 0 Å². The van der Waals surface area contributed by atoms with Crippen LogP contribution in [0.5, 0.6) is 0 Å². The molecule has 0 heterocycles. The van der Waals surface area contributed by atoms with E-state index in [0.29, 0.717) is 0 Å². The van der Waals surface area contributed by atoms with Gasteiger partial charge in [0.25, 0.3) is 0 Å². The first-order valence-corrected chi connectivity index (χ1v) is 18.0. The number of fused-ring (bicyclic) bond motifs is 4. The normalized spacial score (nSPS) is 11.5. The van der Waals surface area contributed by atoms with E-state index in [1.54, 1.807) is 0 Å². The maximum atomic E-state index is 2.39. The van der Waals surface area contributed by atoms with Crippen LogP contribution in [0.4, 0.5) is 0 Å². The molecule has 0 aromatic heterocycles. The van der Waals surface area contributed by atoms with Crippen molar-refractivity contribution < 1.29 is 0 Å². The van der Waals surface area contributed by atoms with Crippen LogP contribution in [-0.2, 0) is 0 Å². The van der Waals surface area contributed by atoms with E-state index in [2.05, 4.69) is 206 Å². The lowest BCUT2D eigenvalue weighted by molar-refractivity contribution is 1.58. The summed E-state index contributed by atoms with van der Waals surface area (Å²) in [6, 6.07) is 75.6. The van der Waals surface area contributed by atoms with Crippen molar-refractivity contribution in [2.75, 3.05) is 0 Å². The van der Waals surface area contributed by atoms with E-state index >= 15 is 0 Å². The maximum Gasteiger partial charge on any atom is -0.00259 e. The lowest BCUT2D eigenvalue weighted by Crippen LogP contribution is -1.92. The second-order valence-corrected chi connectivity index (χ2v) is 13.7. The molecule has 0 atom stereocenters. The number of hydrogen-bond acceptors (Lipinski definition) is 0. The van der Waals surface area contributed by atoms with E-state index < -0.39 is 0 Å². The second kappa shape index (κ2) is 12.5. The van der Waals surface area contributed by atoms with Gasteiger partial charge in [0.05, 0.1) is 0 Å². The molecule has 0 aliphatic heterocycles. The van der Waals surface area contributed by atoms with Gasteiger partial charge in [-0.15, -0.1) is 0 Å². The highest BCUT2D eigenvalue weighted by atomic mass is 14.2. The van der Waals surface area contributed by atoms with Gasteiger partial charge in [-0.1, -0.05) is 176 Å². The van der Waals surface area contributed by atoms with E-state index in [-0.39, 0.29) is 0 Å². The van der Waals surface area contributed by atoms with E-state index in [1.807, 2.05) is 0 Å². The molecule has 242 valence electrons. The van der Waals surface area contributed by atoms with Crippen LogP contribution in [0.2, 0.25) is 0 Å². The Bertz CT molecular complexity index is 2820. The molecular formula is C52H34. The third kappa shape index (κ3) is 5.16. The standard InChI is InChI=1S/C52H34/c1-3-14-35(15-4-1)42-32-43(36-16-5-2-6-17-36)34-44(33-42)52-49-23-11-9-21-47(49)51(48-22-10-12-24-50(48)52)40-29-27-37-26-28-39(30-41(37)31-40)46-25-13-19-38-18-7-8-20-45(38)46/h1-34H. The maximum absolute atomic E-state index is 2.39. The Balaban J connectivity index is 1.21. The van der Waals surface area contributed by atoms with Crippen LogP contribution in [0, 0.1) is 0 Å². The monoisotopic (exact) mass is 658 g/mol. The zero-order valence-electron chi connectivity index (χ0n) is 28.6. The minimum absolute atomic E-state index is 1.21. The number of benzene rings is 10. The van der Waals surface area contributed by atoms with Gasteiger partial charge < -0.3 is 0 Å². The van der Waals surface area contributed by atoms with Crippen LogP contribution < -0.4 is 0 Å². The molecule has 52 heavy (non-hydrogen) atoms. The predicted octanol–water partition coefficient (Wildman–Crippen LogP) is 14.6. The van der Waals surface area contributed by atoms with Gasteiger partial charge in [0.1, 0.15) is 0 Å². The molecule has 0 aliphatic carbocycles. The summed E-state index contributed by atoms with van der Waals surface area (Å²) in [5.74, 6) is 0. The largest absolute Gasteiger partial charge is 0.0622 e. The Morgan fingerprint density at radius 2 is 0.635 bits per heavy atom. The molecule has 0 unspecified atom stereocenters. The van der Waals surface area contributed by atoms with Gasteiger partial charge in [-0.05, 0) is 129 Å². The lowest BCUT2D eigenvalue weighted by atomic mass is 9.84. The summed E-state index contributed by atoms with van der Waals surface area (Å²) in [6.45, 7) is 0. The van der Waals surface area contributed by atoms with Crippen molar-refractivity contribution >= 4 is 43.1 Å². The van der Waals surface area contributed by atoms with Gasteiger partial charge in [-0.25, -0.2) is 0 Å². The topological polar surface area (TPSA) is 0 Å². The van der Waals surface area contributed by atoms with Crippen LogP contribution in [-0.4, -0.2) is 0 Å². The first-order chi connectivity index (χ1) is 25.8. The molecule has 0 fully saturated rings. The van der Waals surface area contributed by atoms with E-state index in [0.717, 1.165) is 0 Å². The van der Waals surface area contributed by atoms with Crippen LogP contribution in [0.25, 0.3) is 98.7 Å². The van der Waals surface area contributed by atoms with Gasteiger partial charge >= 0.3 is 0 Å². The highest BCUT2D eigenvalue weighted by Crippen LogP contribution is 2.46. The van der Waals surface area contributed by atoms with Crippen LogP contribution in [0.3, 0.4) is 0 Å². The second-order valence-electron chi connectivity index (χ2n) is 13.7. The zero-order chi connectivity index (χ0) is 34.4. The fraction of sp³-hybridized carbons (Fsp3) is 0. The quantitative estimate of drug-likeness (QED) is 0.161. The third-order valence-electron chi connectivity index (χ3n) is 10.6. The Morgan fingerprint density at radius 1 is 0.192 bits per heavy atom. The summed E-state index contributed by atoms with van der Waals surface area (Å²) < 4.78 is 0. The van der Waals surface area contributed by atoms with Crippen molar-refractivity contribution in [1.29, 1.82) is 0 Å². The summed E-state index contributed by atoms with van der Waals surface area (Å²) in [5.41, 5.74) is 12.3. The van der Waals surface area contributed by atoms with Crippen molar-refractivity contribution in [2.24, 2.45) is 0 Å². The molecule has 0 N–H and O–H groups in total. The SMILES string of the molecule is c1ccc(-c2cc(-c3ccccc3)cc(-c3c4ccccc4c(-c4ccc5ccc(-c6cccc7ccccc67)cc5c4)c4ccccc34)c2)cc1. The molecular weight excluding hydrogens is 625 g/mol. The average molecular weight is 659 g/mol. The molecule has 0 saturated heterocycles. The Kier molecular flexibility index (Phi) is 7.25. The van der Waals surface area contributed by atoms with E-state index in [4.69, 9.17) is 0 Å². The highest BCUT2D eigenvalue weighted by molar-refractivity contribution is 6.22. The molecule has 10 aromatic rings. The first-order valence-electron chi connectivity index (χ1n) is 18.0. The Morgan fingerprint density at radius 3 is 1.23 bits per heavy atom. The third-order valence-corrected chi connectivity index (χ3v) is 10.6. The fourth-order valence-corrected chi connectivity index (χ4v) is 8.16. The highest BCUT2D eigenvalue weighted by Gasteiger charge is 2.18. The lowest BCUT2D eigenvalue weighted by Gasteiger charge is -2.19. The minimum atomic E-state index is 1.21. The molecule has 0 heteroatoms. The molecule has 10 aromatic carbocycles. The predicted molar refractivity (Wildman–Crippen MR) is 224 cm³/mol. The molecule has 0 nitrogen and oxygen atoms in total. The van der Waals surface area contributed by atoms with Crippen molar-refractivity contribution in [2.45, 2.75) is 0 Å². The fourth-order valence-electron chi connectivity index (χ4n) is 8.16. The molecule has 0 saturated carbocycles. The summed E-state index contributed by atoms with van der Waals surface area (Å²) in [5, 5.41) is 10.0. The average Bonchev–Trinajstić information content (AvgIpc) is 3.22. The summed E-state index contributed by atoms with van der Waals surface area (Å²) >= 11 is 0. The first kappa shape index (κ1) is 30.1. The van der Waals surface area contributed by atoms with E-state index in [1.165, 1.54) is 98.7 Å². The van der Waals surface area contributed by atoms with Crippen molar-refractivity contribution in [1.82, 2.24) is 0 Å². The molecule has 0 amide bonds. The van der Waals surface area contributed by atoms with Gasteiger partial charge in [-0.3, -0.25) is 0 Å². The van der Waals surface area contributed by atoms with Gasteiger partial charge in [0, 0.05) is 0 Å².